The standard InChI is InChI=1S/C14H12BrN5O/c1-9-7-10(2)20(19-9)14(21)13(8-16)18-17-12-6-4-3-5-11(12)15/h3-7,17H,1-2H3/b18-13-. The molecule has 0 aliphatic rings. The molecule has 0 bridgehead atoms. The number of benzene rings is 1. The van der Waals surface area contributed by atoms with Gasteiger partial charge in [0.1, 0.15) is 6.07 Å². The number of nitrogens with one attached hydrogen (secondary N) is 1. The second-order valence-corrected chi connectivity index (χ2v) is 5.16. The molecule has 0 saturated carbocycles. The second kappa shape index (κ2) is 6.33. The molecule has 0 saturated heterocycles. The zero-order chi connectivity index (χ0) is 15.4. The molecule has 7 heteroatoms. The molecule has 2 aromatic rings. The van der Waals surface area contributed by atoms with Crippen molar-refractivity contribution >= 4 is 33.2 Å². The third-order valence-electron chi connectivity index (χ3n) is 2.67. The molecule has 1 heterocycles. The summed E-state index contributed by atoms with van der Waals surface area (Å²) in [5.74, 6) is -0.567. The number of aromatic nitrogens is 2. The maximum absolute atomic E-state index is 12.2. The van der Waals surface area contributed by atoms with E-state index < -0.39 is 5.91 Å². The SMILES string of the molecule is Cc1cc(C)n(C(=O)/C(C#N)=N\Nc2ccccc2Br)n1. The van der Waals surface area contributed by atoms with Crippen molar-refractivity contribution in [1.82, 2.24) is 9.78 Å². The number of hydrogen-bond acceptors (Lipinski definition) is 5. The molecule has 0 aliphatic carbocycles. The van der Waals surface area contributed by atoms with E-state index in [4.69, 9.17) is 5.26 Å². The van der Waals surface area contributed by atoms with Gasteiger partial charge in [0.2, 0.25) is 5.71 Å². The maximum Gasteiger partial charge on any atom is 0.309 e. The minimum atomic E-state index is -0.567. The molecule has 1 N–H and O–H groups in total. The summed E-state index contributed by atoms with van der Waals surface area (Å²) in [5.41, 5.74) is 4.45. The Hall–Kier alpha value is -2.46. The molecule has 6 nitrogen and oxygen atoms in total. The summed E-state index contributed by atoms with van der Waals surface area (Å²) in [6.45, 7) is 3.52. The Balaban J connectivity index is 2.26. The molecule has 0 atom stereocenters. The van der Waals surface area contributed by atoms with Gasteiger partial charge in [0.25, 0.3) is 0 Å². The number of carbonyl (C=O) groups is 1. The summed E-state index contributed by atoms with van der Waals surface area (Å²) in [5, 5.41) is 17.0. The van der Waals surface area contributed by atoms with Crippen LogP contribution in [0, 0.1) is 25.2 Å². The lowest BCUT2D eigenvalue weighted by atomic mass is 10.3. The van der Waals surface area contributed by atoms with Crippen molar-refractivity contribution in [2.45, 2.75) is 13.8 Å². The first-order valence-electron chi connectivity index (χ1n) is 6.09. The van der Waals surface area contributed by atoms with Crippen LogP contribution in [0.15, 0.2) is 39.9 Å². The van der Waals surface area contributed by atoms with Crippen molar-refractivity contribution in [3.63, 3.8) is 0 Å². The van der Waals surface area contributed by atoms with Crippen LogP contribution in [-0.2, 0) is 0 Å². The van der Waals surface area contributed by atoms with Gasteiger partial charge < -0.3 is 0 Å². The Morgan fingerprint density at radius 1 is 1.43 bits per heavy atom. The fourth-order valence-electron chi connectivity index (χ4n) is 1.72. The van der Waals surface area contributed by atoms with Crippen molar-refractivity contribution in [3.8, 4) is 6.07 Å². The first kappa shape index (κ1) is 14.9. The molecular weight excluding hydrogens is 334 g/mol. The fourth-order valence-corrected chi connectivity index (χ4v) is 2.10. The van der Waals surface area contributed by atoms with Gasteiger partial charge in [0.15, 0.2) is 0 Å². The number of carbonyl (C=O) groups excluding carboxylic acids is 1. The van der Waals surface area contributed by atoms with Gasteiger partial charge in [0.05, 0.1) is 11.4 Å². The smallest absolute Gasteiger partial charge is 0.276 e. The molecule has 0 amide bonds. The van der Waals surface area contributed by atoms with E-state index in [0.717, 1.165) is 4.47 Å². The number of rotatable bonds is 3. The largest absolute Gasteiger partial charge is 0.309 e. The highest BCUT2D eigenvalue weighted by molar-refractivity contribution is 9.10. The lowest BCUT2D eigenvalue weighted by molar-refractivity contribution is 0.0974. The highest BCUT2D eigenvalue weighted by atomic mass is 79.9. The zero-order valence-corrected chi connectivity index (χ0v) is 13.0. The summed E-state index contributed by atoms with van der Waals surface area (Å²) in [4.78, 5) is 12.2. The van der Waals surface area contributed by atoms with Crippen LogP contribution in [-0.4, -0.2) is 21.4 Å². The van der Waals surface area contributed by atoms with Crippen LogP contribution in [0.2, 0.25) is 0 Å². The highest BCUT2D eigenvalue weighted by Crippen LogP contribution is 2.21. The first-order chi connectivity index (χ1) is 10.0. The molecule has 0 unspecified atom stereocenters. The number of hydrogen-bond donors (Lipinski definition) is 1. The van der Waals surface area contributed by atoms with Gasteiger partial charge in [0, 0.05) is 10.2 Å². The second-order valence-electron chi connectivity index (χ2n) is 4.31. The minimum Gasteiger partial charge on any atom is -0.276 e. The summed E-state index contributed by atoms with van der Waals surface area (Å²) in [6.07, 6.45) is 0. The predicted octanol–water partition coefficient (Wildman–Crippen LogP) is 2.89. The monoisotopic (exact) mass is 345 g/mol. The topological polar surface area (TPSA) is 83.1 Å². The van der Waals surface area contributed by atoms with Gasteiger partial charge in [-0.3, -0.25) is 10.2 Å². The normalized spacial score (nSPS) is 11.0. The average Bonchev–Trinajstić information content (AvgIpc) is 2.80. The summed E-state index contributed by atoms with van der Waals surface area (Å²) < 4.78 is 1.95. The van der Waals surface area contributed by atoms with E-state index in [1.54, 1.807) is 32.0 Å². The highest BCUT2D eigenvalue weighted by Gasteiger charge is 2.17. The van der Waals surface area contributed by atoms with Crippen LogP contribution in [0.25, 0.3) is 0 Å². The van der Waals surface area contributed by atoms with E-state index >= 15 is 0 Å². The lowest BCUT2D eigenvalue weighted by Gasteiger charge is -2.04. The van der Waals surface area contributed by atoms with Gasteiger partial charge >= 0.3 is 5.91 Å². The van der Waals surface area contributed by atoms with Crippen molar-refractivity contribution in [2.24, 2.45) is 5.10 Å². The van der Waals surface area contributed by atoms with Gasteiger partial charge in [-0.2, -0.15) is 20.1 Å². The van der Waals surface area contributed by atoms with Crippen molar-refractivity contribution in [3.05, 3.63) is 46.2 Å². The molecule has 1 aromatic heterocycles. The van der Waals surface area contributed by atoms with Crippen molar-refractivity contribution in [1.29, 1.82) is 5.26 Å². The maximum atomic E-state index is 12.2. The molecule has 0 radical (unpaired) electrons. The molecule has 1 aromatic carbocycles. The van der Waals surface area contributed by atoms with Crippen molar-refractivity contribution < 1.29 is 4.79 Å². The number of nitriles is 1. The summed E-state index contributed by atoms with van der Waals surface area (Å²) >= 11 is 3.35. The zero-order valence-electron chi connectivity index (χ0n) is 11.5. The van der Waals surface area contributed by atoms with Crippen molar-refractivity contribution in [2.75, 3.05) is 5.43 Å². The van der Waals surface area contributed by atoms with E-state index in [0.29, 0.717) is 17.1 Å². The third-order valence-corrected chi connectivity index (χ3v) is 3.36. The van der Waals surface area contributed by atoms with Gasteiger partial charge in [-0.05, 0) is 48.0 Å². The van der Waals surface area contributed by atoms with Crippen LogP contribution in [0.4, 0.5) is 5.69 Å². The Kier molecular flexibility index (Phi) is 4.50. The Labute approximate surface area is 130 Å². The number of para-hydroxylation sites is 1. The Morgan fingerprint density at radius 2 is 2.14 bits per heavy atom. The Bertz CT molecular complexity index is 757. The van der Waals surface area contributed by atoms with Gasteiger partial charge in [-0.25, -0.2) is 0 Å². The molecule has 106 valence electrons. The van der Waals surface area contributed by atoms with E-state index in [9.17, 15) is 4.79 Å². The van der Waals surface area contributed by atoms with Crippen LogP contribution in [0.1, 0.15) is 16.2 Å². The number of anilines is 1. The number of nitrogens with zero attached hydrogens (tertiary/aromatic N) is 4. The predicted molar refractivity (Wildman–Crippen MR) is 83.1 cm³/mol. The van der Waals surface area contributed by atoms with Crippen LogP contribution in [0.5, 0.6) is 0 Å². The van der Waals surface area contributed by atoms with E-state index in [1.165, 1.54) is 4.68 Å². The molecular formula is C14H12BrN5O. The van der Waals surface area contributed by atoms with Crippen LogP contribution in [0.3, 0.4) is 0 Å². The summed E-state index contributed by atoms with van der Waals surface area (Å²) in [7, 11) is 0. The summed E-state index contributed by atoms with van der Waals surface area (Å²) in [6, 6.07) is 10.8. The Morgan fingerprint density at radius 3 is 2.71 bits per heavy atom. The molecule has 2 rings (SSSR count). The van der Waals surface area contributed by atoms with Crippen LogP contribution < -0.4 is 5.43 Å². The van der Waals surface area contributed by atoms with E-state index in [1.807, 2.05) is 18.2 Å². The van der Waals surface area contributed by atoms with Crippen LogP contribution >= 0.6 is 15.9 Å². The molecule has 21 heavy (non-hydrogen) atoms. The number of hydrazone groups is 1. The van der Waals surface area contributed by atoms with Gasteiger partial charge in [-0.15, -0.1) is 0 Å². The minimum absolute atomic E-state index is 0.267. The molecule has 0 aliphatic heterocycles. The number of aryl methyl sites for hydroxylation is 2. The third kappa shape index (κ3) is 3.35. The lowest BCUT2D eigenvalue weighted by Crippen LogP contribution is -2.23. The number of halogens is 1. The fraction of sp³-hybridized carbons (Fsp3) is 0.143. The molecule has 0 spiro atoms. The first-order valence-corrected chi connectivity index (χ1v) is 6.88. The average molecular weight is 346 g/mol. The van der Waals surface area contributed by atoms with E-state index in [2.05, 4.69) is 31.6 Å². The quantitative estimate of drug-likeness (QED) is 0.684. The molecule has 0 fully saturated rings. The van der Waals surface area contributed by atoms with Gasteiger partial charge in [-0.1, -0.05) is 12.1 Å². The van der Waals surface area contributed by atoms with E-state index in [-0.39, 0.29) is 5.71 Å².